The zero-order valence-electron chi connectivity index (χ0n) is 34.7. The molecule has 2 aromatic carbocycles. The fourth-order valence-corrected chi connectivity index (χ4v) is 14.8. The normalized spacial score (nSPS) is 17.8. The lowest BCUT2D eigenvalue weighted by molar-refractivity contribution is -0.134. The summed E-state index contributed by atoms with van der Waals surface area (Å²) >= 11 is 0. The van der Waals surface area contributed by atoms with Crippen LogP contribution in [0.2, 0.25) is 54.4 Å². The van der Waals surface area contributed by atoms with Crippen LogP contribution in [0.25, 0.3) is 0 Å². The van der Waals surface area contributed by atoms with E-state index in [1.807, 2.05) is 18.2 Å². The third-order valence-corrected chi connectivity index (χ3v) is 21.6. The average molecular weight is 754 g/mol. The maximum atomic E-state index is 14.8. The average Bonchev–Trinajstić information content (AvgIpc) is 3.19. The summed E-state index contributed by atoms with van der Waals surface area (Å²) in [5.41, 5.74) is 1.46. The second-order valence-corrected chi connectivity index (χ2v) is 33.2. The second kappa shape index (κ2) is 15.4. The zero-order valence-corrected chi connectivity index (χ0v) is 37.7. The molecule has 0 saturated carbocycles. The van der Waals surface area contributed by atoms with Crippen molar-refractivity contribution in [3.8, 4) is 5.75 Å². The van der Waals surface area contributed by atoms with Gasteiger partial charge in [-0.05, 0) is 111 Å². The van der Waals surface area contributed by atoms with Gasteiger partial charge in [-0.15, -0.1) is 0 Å². The molecule has 7 nitrogen and oxygen atoms in total. The van der Waals surface area contributed by atoms with Gasteiger partial charge in [0.1, 0.15) is 11.4 Å². The summed E-state index contributed by atoms with van der Waals surface area (Å²) in [7, 11) is -6.85. The Morgan fingerprint density at radius 2 is 1.35 bits per heavy atom. The smallest absolute Gasteiger partial charge is 0.421 e. The van der Waals surface area contributed by atoms with Gasteiger partial charge >= 0.3 is 6.09 Å². The van der Waals surface area contributed by atoms with E-state index in [2.05, 4.69) is 125 Å². The van der Waals surface area contributed by atoms with E-state index >= 15 is 0 Å². The van der Waals surface area contributed by atoms with Gasteiger partial charge in [-0.3, -0.25) is 4.79 Å². The van der Waals surface area contributed by atoms with Gasteiger partial charge in [0.05, 0.1) is 11.4 Å². The van der Waals surface area contributed by atoms with E-state index in [1.165, 1.54) is 0 Å². The van der Waals surface area contributed by atoms with Gasteiger partial charge < -0.3 is 18.0 Å². The molecule has 0 bridgehead atoms. The summed E-state index contributed by atoms with van der Waals surface area (Å²) in [5, 5.41) is -0.0857. The number of ether oxygens (including phenoxy) is 1. The number of rotatable bonds is 13. The van der Waals surface area contributed by atoms with Crippen LogP contribution in [-0.2, 0) is 30.4 Å². The summed E-state index contributed by atoms with van der Waals surface area (Å²) in [6.07, 6.45) is 2.15. The molecule has 0 fully saturated rings. The molecule has 10 heteroatoms. The van der Waals surface area contributed by atoms with Crippen LogP contribution >= 0.6 is 0 Å². The lowest BCUT2D eigenvalue weighted by atomic mass is 9.90. The first-order valence-electron chi connectivity index (χ1n) is 18.7. The maximum Gasteiger partial charge on any atom is 0.421 e. The lowest BCUT2D eigenvalue weighted by Crippen LogP contribution is -2.51. The Labute approximate surface area is 312 Å². The minimum atomic E-state index is -2.40. The summed E-state index contributed by atoms with van der Waals surface area (Å²) < 4.78 is 26.7. The Bertz CT molecular complexity index is 1540. The van der Waals surface area contributed by atoms with Crippen LogP contribution in [0.4, 0.5) is 10.5 Å². The minimum absolute atomic E-state index is 0.0857. The quantitative estimate of drug-likeness (QED) is 0.150. The highest BCUT2D eigenvalue weighted by Gasteiger charge is 2.57. The van der Waals surface area contributed by atoms with Crippen LogP contribution < -0.4 is 9.33 Å². The first-order valence-corrected chi connectivity index (χ1v) is 27.2. The number of fused-ring (bicyclic) bond motifs is 1. The molecular formula is C41H67NO6Si3. The molecule has 1 aliphatic rings. The van der Waals surface area contributed by atoms with E-state index in [9.17, 15) is 9.59 Å². The first-order chi connectivity index (χ1) is 23.2. The van der Waals surface area contributed by atoms with Gasteiger partial charge in [0, 0.05) is 12.0 Å². The number of imide groups is 1. The monoisotopic (exact) mass is 753 g/mol. The van der Waals surface area contributed by atoms with Crippen molar-refractivity contribution in [1.29, 1.82) is 0 Å². The molecule has 0 aliphatic carbocycles. The number of carbonyl (C=O) groups is 2. The number of anilines is 1. The summed E-state index contributed by atoms with van der Waals surface area (Å²) in [5.74, 6) is 1.17. The standard InChI is InChI=1S/C41H67NO6Si3/c1-29(2)51(30(3)4,31(5)6)47-33-25-22-32(23-26-33)24-27-34(46-50(16,17)40(10,11)12)28-41(48-49(13,14)15)35-20-18-19-21-36(35)42(37(41)43)38(44)45-39(7,8)9/h18-23,25-27,29-31H,24,28H2,1-17H3/b34-27-. The van der Waals surface area contributed by atoms with Gasteiger partial charge in [0.25, 0.3) is 14.2 Å². The number of carbonyl (C=O) groups excluding carboxylic acids is 2. The van der Waals surface area contributed by atoms with E-state index in [-0.39, 0.29) is 11.5 Å². The molecule has 0 spiro atoms. The van der Waals surface area contributed by atoms with Crippen LogP contribution in [-0.4, -0.2) is 42.6 Å². The van der Waals surface area contributed by atoms with Crippen molar-refractivity contribution in [2.75, 3.05) is 4.90 Å². The molecule has 0 N–H and O–H groups in total. The van der Waals surface area contributed by atoms with Crippen LogP contribution in [0, 0.1) is 0 Å². The molecule has 1 unspecified atom stereocenters. The SMILES string of the molecule is CC(C)[Si](Oc1ccc(C/C=C(/CC2(O[Si](C)(C)C)C(=O)N(C(=O)OC(C)(C)C)c3ccccc32)O[Si](C)(C)C(C)(C)C)cc1)(C(C)C)C(C)C. The van der Waals surface area contributed by atoms with Crippen LogP contribution in [0.5, 0.6) is 5.75 Å². The van der Waals surface area contributed by atoms with Crippen molar-refractivity contribution >= 4 is 42.6 Å². The molecule has 0 radical (unpaired) electrons. The number of amides is 2. The molecule has 3 rings (SSSR count). The summed E-state index contributed by atoms with van der Waals surface area (Å²) in [6, 6.07) is 15.9. The van der Waals surface area contributed by atoms with E-state index in [1.54, 1.807) is 26.8 Å². The van der Waals surface area contributed by atoms with E-state index < -0.39 is 48.2 Å². The third kappa shape index (κ3) is 9.66. The first kappa shape index (κ1) is 42.7. The number of nitrogens with zero attached hydrogens (tertiary/aromatic N) is 1. The van der Waals surface area contributed by atoms with Gasteiger partial charge in [-0.25, -0.2) is 9.69 Å². The minimum Gasteiger partial charge on any atom is -0.547 e. The van der Waals surface area contributed by atoms with Crippen LogP contribution in [0.1, 0.15) is 101 Å². The van der Waals surface area contributed by atoms with Gasteiger partial charge in [-0.1, -0.05) is 92.6 Å². The largest absolute Gasteiger partial charge is 0.547 e. The number of benzene rings is 2. The molecule has 1 heterocycles. The number of hydrogen-bond acceptors (Lipinski definition) is 6. The van der Waals surface area contributed by atoms with Crippen LogP contribution in [0.3, 0.4) is 0 Å². The molecule has 2 aromatic rings. The Kier molecular flexibility index (Phi) is 12.9. The number of allylic oxidation sites excluding steroid dienone is 1. The number of hydrogen-bond donors (Lipinski definition) is 0. The maximum absolute atomic E-state index is 14.8. The second-order valence-electron chi connectivity index (χ2n) is 18.7. The predicted octanol–water partition coefficient (Wildman–Crippen LogP) is 12.1. The Balaban J connectivity index is 2.12. The van der Waals surface area contributed by atoms with Gasteiger partial charge in [-0.2, -0.15) is 0 Å². The van der Waals surface area contributed by atoms with Crippen molar-refractivity contribution in [3.63, 3.8) is 0 Å². The lowest BCUT2D eigenvalue weighted by Gasteiger charge is -2.42. The van der Waals surface area contributed by atoms with Gasteiger partial charge in [0.2, 0.25) is 8.32 Å². The third-order valence-electron chi connectivity index (χ3n) is 10.3. The topological polar surface area (TPSA) is 74.3 Å². The van der Waals surface area contributed by atoms with E-state index in [0.29, 0.717) is 40.1 Å². The zero-order chi connectivity index (χ0) is 39.0. The van der Waals surface area contributed by atoms with Crippen molar-refractivity contribution in [2.45, 2.75) is 162 Å². The molecular weight excluding hydrogens is 687 g/mol. The fourth-order valence-electron chi connectivity index (χ4n) is 7.09. The van der Waals surface area contributed by atoms with Crippen molar-refractivity contribution in [1.82, 2.24) is 0 Å². The van der Waals surface area contributed by atoms with Crippen molar-refractivity contribution in [3.05, 3.63) is 71.5 Å². The van der Waals surface area contributed by atoms with E-state index in [0.717, 1.165) is 16.2 Å². The number of para-hydroxylation sites is 1. The van der Waals surface area contributed by atoms with Crippen molar-refractivity contribution in [2.24, 2.45) is 0 Å². The highest BCUT2D eigenvalue weighted by Crippen LogP contribution is 2.50. The summed E-state index contributed by atoms with van der Waals surface area (Å²) in [6.45, 7) is 36.4. The summed E-state index contributed by atoms with van der Waals surface area (Å²) in [4.78, 5) is 29.6. The predicted molar refractivity (Wildman–Crippen MR) is 219 cm³/mol. The Hall–Kier alpha value is -2.67. The molecule has 0 saturated heterocycles. The highest BCUT2D eigenvalue weighted by atomic mass is 28.4. The Morgan fingerprint density at radius 1 is 0.824 bits per heavy atom. The molecule has 0 aromatic heterocycles. The van der Waals surface area contributed by atoms with E-state index in [4.69, 9.17) is 18.0 Å². The molecule has 284 valence electrons. The van der Waals surface area contributed by atoms with Crippen LogP contribution in [0.15, 0.2) is 60.4 Å². The molecule has 1 atom stereocenters. The molecule has 2 amide bonds. The molecule has 1 aliphatic heterocycles. The highest BCUT2D eigenvalue weighted by molar-refractivity contribution is 6.78. The van der Waals surface area contributed by atoms with Crippen molar-refractivity contribution < 1.29 is 27.6 Å². The molecule has 51 heavy (non-hydrogen) atoms. The Morgan fingerprint density at radius 3 is 1.82 bits per heavy atom. The van der Waals surface area contributed by atoms with Gasteiger partial charge in [0.15, 0.2) is 13.9 Å². The fraction of sp³-hybridized carbons (Fsp3) is 0.610.